The summed E-state index contributed by atoms with van der Waals surface area (Å²) in [5, 5.41) is 16.1. The first kappa shape index (κ1) is 27.2. The Hall–Kier alpha value is -3.36. The van der Waals surface area contributed by atoms with Gasteiger partial charge in [-0.15, -0.1) is 0 Å². The smallest absolute Gasteiger partial charge is 0.306 e. The number of aliphatic carboxylic acids is 1. The molecular formula is C30H36ClN5O3. The third-order valence-electron chi connectivity index (χ3n) is 8.39. The molecule has 0 radical (unpaired) electrons. The zero-order valence-electron chi connectivity index (χ0n) is 22.8. The van der Waals surface area contributed by atoms with Gasteiger partial charge in [0.05, 0.1) is 22.3 Å². The minimum Gasteiger partial charge on any atom is -0.481 e. The molecule has 2 aliphatic rings. The van der Waals surface area contributed by atoms with Crippen LogP contribution in [0.2, 0.25) is 5.02 Å². The summed E-state index contributed by atoms with van der Waals surface area (Å²) in [6.07, 6.45) is 4.28. The molecule has 5 rings (SSSR count). The fourth-order valence-electron chi connectivity index (χ4n) is 6.07. The van der Waals surface area contributed by atoms with Crippen molar-refractivity contribution in [2.24, 2.45) is 18.9 Å². The molecule has 206 valence electrons. The molecule has 1 fully saturated rings. The monoisotopic (exact) mass is 549 g/mol. The van der Waals surface area contributed by atoms with Gasteiger partial charge in [0, 0.05) is 57.1 Å². The van der Waals surface area contributed by atoms with Gasteiger partial charge in [-0.2, -0.15) is 0 Å². The van der Waals surface area contributed by atoms with E-state index in [-0.39, 0.29) is 11.8 Å². The van der Waals surface area contributed by atoms with Crippen LogP contribution in [0.3, 0.4) is 0 Å². The summed E-state index contributed by atoms with van der Waals surface area (Å²) < 4.78 is 1.92. The van der Waals surface area contributed by atoms with E-state index in [9.17, 15) is 14.7 Å². The Balaban J connectivity index is 1.29. The SMILES string of the molecule is CNc1cccc(-c2cccc(NC(=O)c3nc4c(n3C)CCN(CC3CCC(C(=O)O)CC3)C4)c2C)c1Cl. The first-order valence-electron chi connectivity index (χ1n) is 13.6. The van der Waals surface area contributed by atoms with Gasteiger partial charge in [-0.25, -0.2) is 4.98 Å². The summed E-state index contributed by atoms with van der Waals surface area (Å²) in [4.78, 5) is 31.9. The molecule has 1 amide bonds. The van der Waals surface area contributed by atoms with Crippen molar-refractivity contribution in [1.29, 1.82) is 0 Å². The number of hydrogen-bond acceptors (Lipinski definition) is 5. The third kappa shape index (κ3) is 5.54. The van der Waals surface area contributed by atoms with E-state index in [1.54, 1.807) is 0 Å². The highest BCUT2D eigenvalue weighted by Crippen LogP contribution is 2.37. The molecule has 1 saturated carbocycles. The number of anilines is 2. The molecule has 9 heteroatoms. The summed E-state index contributed by atoms with van der Waals surface area (Å²) in [5.74, 6) is -0.161. The number of nitrogens with one attached hydrogen (secondary N) is 2. The zero-order chi connectivity index (χ0) is 27.7. The largest absolute Gasteiger partial charge is 0.481 e. The van der Waals surface area contributed by atoms with Crippen LogP contribution >= 0.6 is 11.6 Å². The highest BCUT2D eigenvalue weighted by atomic mass is 35.5. The predicted molar refractivity (Wildman–Crippen MR) is 154 cm³/mol. The number of aromatic nitrogens is 2. The van der Waals surface area contributed by atoms with E-state index in [1.807, 2.05) is 62.0 Å². The van der Waals surface area contributed by atoms with Crippen LogP contribution in [0.4, 0.5) is 11.4 Å². The van der Waals surface area contributed by atoms with E-state index in [1.165, 1.54) is 0 Å². The van der Waals surface area contributed by atoms with Crippen molar-refractivity contribution in [3.63, 3.8) is 0 Å². The van der Waals surface area contributed by atoms with Crippen molar-refractivity contribution >= 4 is 34.9 Å². The van der Waals surface area contributed by atoms with E-state index in [2.05, 4.69) is 15.5 Å². The first-order valence-corrected chi connectivity index (χ1v) is 14.0. The molecular weight excluding hydrogens is 514 g/mol. The molecule has 2 aromatic carbocycles. The zero-order valence-corrected chi connectivity index (χ0v) is 23.5. The number of amides is 1. The Kier molecular flexibility index (Phi) is 7.96. The lowest BCUT2D eigenvalue weighted by Crippen LogP contribution is -2.36. The second kappa shape index (κ2) is 11.4. The highest BCUT2D eigenvalue weighted by Gasteiger charge is 2.30. The molecule has 0 spiro atoms. The maximum atomic E-state index is 13.4. The number of benzene rings is 2. The summed E-state index contributed by atoms with van der Waals surface area (Å²) in [5.41, 5.74) is 6.43. The minimum atomic E-state index is -0.663. The summed E-state index contributed by atoms with van der Waals surface area (Å²) in [6.45, 7) is 4.57. The Morgan fingerprint density at radius 2 is 1.77 bits per heavy atom. The van der Waals surface area contributed by atoms with Gasteiger partial charge < -0.3 is 20.3 Å². The van der Waals surface area contributed by atoms with Crippen LogP contribution < -0.4 is 10.6 Å². The molecule has 3 N–H and O–H groups in total. The van der Waals surface area contributed by atoms with Crippen molar-refractivity contribution in [2.75, 3.05) is 30.8 Å². The van der Waals surface area contributed by atoms with Gasteiger partial charge in [0.1, 0.15) is 0 Å². The topological polar surface area (TPSA) is 99.5 Å². The van der Waals surface area contributed by atoms with Crippen LogP contribution in [-0.2, 0) is 24.8 Å². The van der Waals surface area contributed by atoms with Gasteiger partial charge in [0.25, 0.3) is 5.91 Å². The lowest BCUT2D eigenvalue weighted by atomic mass is 9.81. The number of rotatable bonds is 7. The van der Waals surface area contributed by atoms with Crippen molar-refractivity contribution in [1.82, 2.24) is 14.5 Å². The quantitative estimate of drug-likeness (QED) is 0.355. The normalized spacial score (nSPS) is 19.4. The predicted octanol–water partition coefficient (Wildman–Crippen LogP) is 5.59. The number of hydrogen-bond donors (Lipinski definition) is 3. The van der Waals surface area contributed by atoms with E-state index < -0.39 is 5.97 Å². The van der Waals surface area contributed by atoms with E-state index in [0.717, 1.165) is 84.6 Å². The molecule has 0 saturated heterocycles. The fourth-order valence-corrected chi connectivity index (χ4v) is 6.39. The number of carboxylic acids is 1. The Morgan fingerprint density at radius 3 is 2.46 bits per heavy atom. The maximum Gasteiger partial charge on any atom is 0.306 e. The van der Waals surface area contributed by atoms with Crippen LogP contribution in [0.1, 0.15) is 53.3 Å². The third-order valence-corrected chi connectivity index (χ3v) is 8.80. The van der Waals surface area contributed by atoms with Crippen molar-refractivity contribution < 1.29 is 14.7 Å². The van der Waals surface area contributed by atoms with Gasteiger partial charge in [0.15, 0.2) is 5.82 Å². The van der Waals surface area contributed by atoms with Gasteiger partial charge in [-0.3, -0.25) is 14.5 Å². The average Bonchev–Trinajstić information content (AvgIpc) is 3.26. The molecule has 0 unspecified atom stereocenters. The maximum absolute atomic E-state index is 13.4. The Bertz CT molecular complexity index is 1390. The molecule has 1 aliphatic carbocycles. The lowest BCUT2D eigenvalue weighted by Gasteiger charge is -2.33. The molecule has 1 aromatic heterocycles. The number of halogens is 1. The number of carboxylic acid groups (broad SMARTS) is 1. The van der Waals surface area contributed by atoms with Gasteiger partial charge in [0.2, 0.25) is 0 Å². The number of carbonyl (C=O) groups is 2. The van der Waals surface area contributed by atoms with Gasteiger partial charge >= 0.3 is 5.97 Å². The van der Waals surface area contributed by atoms with Crippen LogP contribution in [-0.4, -0.2) is 51.6 Å². The van der Waals surface area contributed by atoms with Crippen molar-refractivity contribution in [3.8, 4) is 11.1 Å². The van der Waals surface area contributed by atoms with Crippen molar-refractivity contribution in [2.45, 2.75) is 45.6 Å². The second-order valence-electron chi connectivity index (χ2n) is 10.8. The summed E-state index contributed by atoms with van der Waals surface area (Å²) in [7, 11) is 3.75. The number of fused-ring (bicyclic) bond motifs is 1. The lowest BCUT2D eigenvalue weighted by molar-refractivity contribution is -0.143. The van der Waals surface area contributed by atoms with Crippen molar-refractivity contribution in [3.05, 3.63) is 64.2 Å². The molecule has 1 aliphatic heterocycles. The summed E-state index contributed by atoms with van der Waals surface area (Å²) in [6, 6.07) is 11.7. The second-order valence-corrected chi connectivity index (χ2v) is 11.2. The van der Waals surface area contributed by atoms with E-state index >= 15 is 0 Å². The number of imidazole rings is 1. The fraction of sp³-hybridized carbons (Fsp3) is 0.433. The summed E-state index contributed by atoms with van der Waals surface area (Å²) >= 11 is 6.65. The molecule has 3 aromatic rings. The average molecular weight is 550 g/mol. The number of nitrogens with zero attached hydrogens (tertiary/aromatic N) is 3. The van der Waals surface area contributed by atoms with Crippen LogP contribution in [0, 0.1) is 18.8 Å². The molecule has 2 heterocycles. The number of carbonyl (C=O) groups excluding carboxylic acids is 1. The Morgan fingerprint density at radius 1 is 1.08 bits per heavy atom. The Labute approximate surface area is 234 Å². The first-order chi connectivity index (χ1) is 18.8. The molecule has 0 bridgehead atoms. The standard InChI is InChI=1S/C30H36ClN5O3/c1-18-21(22-7-5-9-24(32-2)27(22)31)6-4-8-23(18)34-29(37)28-33-25-17-36(15-14-26(25)35(28)3)16-19-10-12-20(13-11-19)30(38)39/h4-9,19-20,32H,10-17H2,1-3H3,(H,34,37)(H,38,39). The molecule has 8 nitrogen and oxygen atoms in total. The van der Waals surface area contributed by atoms with Crippen LogP contribution in [0.5, 0.6) is 0 Å². The minimum absolute atomic E-state index is 0.189. The highest BCUT2D eigenvalue weighted by molar-refractivity contribution is 6.36. The van der Waals surface area contributed by atoms with Gasteiger partial charge in [-0.05, 0) is 61.8 Å². The van der Waals surface area contributed by atoms with Crippen LogP contribution in [0.25, 0.3) is 11.1 Å². The molecule has 39 heavy (non-hydrogen) atoms. The molecule has 0 atom stereocenters. The van der Waals surface area contributed by atoms with Crippen LogP contribution in [0.15, 0.2) is 36.4 Å². The van der Waals surface area contributed by atoms with E-state index in [0.29, 0.717) is 23.3 Å². The van der Waals surface area contributed by atoms with Gasteiger partial charge in [-0.1, -0.05) is 35.9 Å². The van der Waals surface area contributed by atoms with E-state index in [4.69, 9.17) is 16.6 Å².